The van der Waals surface area contributed by atoms with E-state index >= 15 is 0 Å². The summed E-state index contributed by atoms with van der Waals surface area (Å²) in [6, 6.07) is 12.9. The first-order valence-electron chi connectivity index (χ1n) is 17.9. The molecule has 4 heterocycles. The molecule has 50 heavy (non-hydrogen) atoms. The van der Waals surface area contributed by atoms with Crippen molar-refractivity contribution >= 4 is 45.8 Å². The number of halogens is 1. The van der Waals surface area contributed by atoms with Gasteiger partial charge in [0.25, 0.3) is 0 Å². The second-order valence-electron chi connectivity index (χ2n) is 15.3. The molecule has 2 fully saturated rings. The smallest absolute Gasteiger partial charge is 0.318 e. The third-order valence-electron chi connectivity index (χ3n) is 10.1. The Morgan fingerprint density at radius 1 is 0.980 bits per heavy atom. The van der Waals surface area contributed by atoms with Crippen LogP contribution >= 0.6 is 11.6 Å². The molecule has 0 N–H and O–H groups in total. The first kappa shape index (κ1) is 35.9. The van der Waals surface area contributed by atoms with Crippen LogP contribution in [-0.4, -0.2) is 95.7 Å². The Balaban J connectivity index is 1.21. The summed E-state index contributed by atoms with van der Waals surface area (Å²) in [6.07, 6.45) is 4.95. The summed E-state index contributed by atoms with van der Waals surface area (Å²) in [5.74, 6) is 0.688. The number of anilines is 2. The quantitative estimate of drug-likeness (QED) is 0.179. The highest BCUT2D eigenvalue weighted by Gasteiger charge is 2.35. The van der Waals surface area contributed by atoms with Crippen LogP contribution in [0.15, 0.2) is 49.1 Å². The van der Waals surface area contributed by atoms with E-state index in [1.165, 1.54) is 6.08 Å². The monoisotopic (exact) mass is 702 g/mol. The van der Waals surface area contributed by atoms with Crippen LogP contribution in [0.5, 0.6) is 6.01 Å². The van der Waals surface area contributed by atoms with Gasteiger partial charge in [-0.25, -0.2) is 0 Å². The molecule has 3 aliphatic rings. The molecule has 0 spiro atoms. The number of carbonyl (C=O) groups is 2. The molecule has 11 heteroatoms. The normalized spacial score (nSPS) is 18.7. The van der Waals surface area contributed by atoms with Gasteiger partial charge in [0.2, 0.25) is 5.91 Å². The number of carbonyl (C=O) groups excluding carboxylic acids is 2. The van der Waals surface area contributed by atoms with Crippen LogP contribution < -0.4 is 14.5 Å². The van der Waals surface area contributed by atoms with Crippen LogP contribution in [0.1, 0.15) is 65.1 Å². The van der Waals surface area contributed by atoms with Gasteiger partial charge in [0.1, 0.15) is 18.0 Å². The molecule has 3 aromatic rings. The van der Waals surface area contributed by atoms with Crippen molar-refractivity contribution in [1.29, 1.82) is 0 Å². The Morgan fingerprint density at radius 2 is 1.72 bits per heavy atom. The van der Waals surface area contributed by atoms with Crippen LogP contribution in [0, 0.1) is 5.41 Å². The van der Waals surface area contributed by atoms with Gasteiger partial charge in [0.05, 0.1) is 22.7 Å². The van der Waals surface area contributed by atoms with Crippen LogP contribution in [0.25, 0.3) is 10.8 Å². The van der Waals surface area contributed by atoms with Crippen LogP contribution in [0.3, 0.4) is 0 Å². The van der Waals surface area contributed by atoms with E-state index in [9.17, 15) is 9.59 Å². The zero-order valence-corrected chi connectivity index (χ0v) is 31.0. The lowest BCUT2D eigenvalue weighted by atomic mass is 9.89. The fourth-order valence-electron chi connectivity index (χ4n) is 7.22. The summed E-state index contributed by atoms with van der Waals surface area (Å²) in [5.41, 5.74) is 2.08. The summed E-state index contributed by atoms with van der Waals surface area (Å²) in [6.45, 7) is 19.5. The molecule has 2 aromatic carbocycles. The zero-order valence-electron chi connectivity index (χ0n) is 30.2. The van der Waals surface area contributed by atoms with Gasteiger partial charge in [-0.3, -0.25) is 14.5 Å². The van der Waals surface area contributed by atoms with E-state index in [4.69, 9.17) is 31.0 Å². The summed E-state index contributed by atoms with van der Waals surface area (Å²) in [5, 5.41) is 2.89. The molecular weight excluding hydrogens is 652 g/mol. The van der Waals surface area contributed by atoms with Gasteiger partial charge in [-0.15, -0.1) is 0 Å². The van der Waals surface area contributed by atoms with Gasteiger partial charge in [0.15, 0.2) is 0 Å². The van der Waals surface area contributed by atoms with E-state index in [1.54, 1.807) is 0 Å². The number of likely N-dealkylation sites (tertiary alicyclic amines) is 1. The molecule has 1 atom stereocenters. The molecule has 2 saturated heterocycles. The largest absolute Gasteiger partial charge is 0.462 e. The molecule has 0 radical (unpaired) electrons. The third-order valence-corrected chi connectivity index (χ3v) is 10.5. The number of hydrogen-bond donors (Lipinski definition) is 0. The van der Waals surface area contributed by atoms with Crippen molar-refractivity contribution in [3.8, 4) is 6.01 Å². The number of rotatable bonds is 10. The summed E-state index contributed by atoms with van der Waals surface area (Å²) in [4.78, 5) is 44.2. The summed E-state index contributed by atoms with van der Waals surface area (Å²) >= 11 is 6.74. The topological polar surface area (TPSA) is 91.3 Å². The number of esters is 1. The van der Waals surface area contributed by atoms with E-state index in [0.29, 0.717) is 51.8 Å². The number of hydrogen-bond acceptors (Lipinski definition) is 9. The van der Waals surface area contributed by atoms with E-state index in [0.717, 1.165) is 77.5 Å². The molecule has 1 aromatic heterocycles. The van der Waals surface area contributed by atoms with E-state index < -0.39 is 11.0 Å². The molecule has 10 nitrogen and oxygen atoms in total. The standard InChI is InChI=1S/C39H51ClN6O4/c1-7-33(47)44-21-23-45(24-22-44)35-29-16-19-46(32-15-9-12-27-11-8-14-30(40)34(27)32)25-31(29)41-37(42-35)49-26-28-13-10-18-43(28)20-17-39(5,6)36(48)50-38(2,3)4/h7-9,11-12,14-15,28H,1,10,13,16-26H2,2-6H3. The van der Waals surface area contributed by atoms with Crippen LogP contribution in [0.4, 0.5) is 11.5 Å². The van der Waals surface area contributed by atoms with Crippen molar-refractivity contribution in [1.82, 2.24) is 19.8 Å². The van der Waals surface area contributed by atoms with Crippen molar-refractivity contribution in [2.45, 2.75) is 78.5 Å². The number of benzene rings is 2. The highest BCUT2D eigenvalue weighted by atomic mass is 35.5. The van der Waals surface area contributed by atoms with Crippen LogP contribution in [0.2, 0.25) is 5.02 Å². The minimum atomic E-state index is -0.585. The predicted molar refractivity (Wildman–Crippen MR) is 199 cm³/mol. The highest BCUT2D eigenvalue weighted by Crippen LogP contribution is 2.37. The summed E-state index contributed by atoms with van der Waals surface area (Å²) < 4.78 is 12.2. The van der Waals surface area contributed by atoms with Crippen molar-refractivity contribution in [2.24, 2.45) is 5.41 Å². The van der Waals surface area contributed by atoms with Gasteiger partial charge < -0.3 is 24.2 Å². The van der Waals surface area contributed by atoms with E-state index in [1.807, 2.05) is 51.7 Å². The number of aromatic nitrogens is 2. The highest BCUT2D eigenvalue weighted by molar-refractivity contribution is 6.36. The van der Waals surface area contributed by atoms with Gasteiger partial charge in [0, 0.05) is 55.4 Å². The second-order valence-corrected chi connectivity index (χ2v) is 15.7. The Hall–Kier alpha value is -3.89. The lowest BCUT2D eigenvalue weighted by Gasteiger charge is -2.38. The lowest BCUT2D eigenvalue weighted by molar-refractivity contribution is -0.166. The Morgan fingerprint density at radius 3 is 2.44 bits per heavy atom. The average molecular weight is 703 g/mol. The van der Waals surface area contributed by atoms with Gasteiger partial charge in [-0.1, -0.05) is 42.4 Å². The van der Waals surface area contributed by atoms with E-state index in [-0.39, 0.29) is 17.9 Å². The van der Waals surface area contributed by atoms with Crippen molar-refractivity contribution in [3.63, 3.8) is 0 Å². The first-order valence-corrected chi connectivity index (χ1v) is 18.3. The minimum absolute atomic E-state index is 0.0432. The molecule has 1 unspecified atom stereocenters. The molecule has 268 valence electrons. The molecule has 0 bridgehead atoms. The molecule has 1 amide bonds. The molecule has 3 aliphatic heterocycles. The van der Waals surface area contributed by atoms with Crippen molar-refractivity contribution in [2.75, 3.05) is 62.2 Å². The second kappa shape index (κ2) is 14.8. The average Bonchev–Trinajstić information content (AvgIpc) is 3.55. The van der Waals surface area contributed by atoms with Gasteiger partial charge in [-0.2, -0.15) is 9.97 Å². The molecule has 6 rings (SSSR count). The van der Waals surface area contributed by atoms with Gasteiger partial charge >= 0.3 is 12.0 Å². The van der Waals surface area contributed by atoms with Crippen molar-refractivity contribution < 1.29 is 19.1 Å². The number of amides is 1. The van der Waals surface area contributed by atoms with Gasteiger partial charge in [-0.05, 0) is 97.0 Å². The Labute approximate surface area is 301 Å². The van der Waals surface area contributed by atoms with E-state index in [2.05, 4.69) is 45.5 Å². The molecule has 0 aliphatic carbocycles. The number of fused-ring (bicyclic) bond motifs is 2. The maximum absolute atomic E-state index is 12.9. The lowest BCUT2D eigenvalue weighted by Crippen LogP contribution is -2.49. The fraction of sp³-hybridized carbons (Fsp3) is 0.538. The number of ether oxygens (including phenoxy) is 2. The predicted octanol–water partition coefficient (Wildman–Crippen LogP) is 6.28. The maximum atomic E-state index is 12.9. The Bertz CT molecular complexity index is 1730. The minimum Gasteiger partial charge on any atom is -0.462 e. The first-order chi connectivity index (χ1) is 23.8. The molecular formula is C39H51ClN6O4. The van der Waals surface area contributed by atoms with Crippen molar-refractivity contribution in [3.05, 3.63) is 65.3 Å². The fourth-order valence-corrected chi connectivity index (χ4v) is 7.50. The molecule has 0 saturated carbocycles. The number of piperazine rings is 1. The third kappa shape index (κ3) is 8.02. The summed E-state index contributed by atoms with van der Waals surface area (Å²) in [7, 11) is 0. The SMILES string of the molecule is C=CC(=O)N1CCN(c2nc(OCC3CCCN3CCC(C)(C)C(=O)OC(C)(C)C)nc3c2CCN(c2cccc4cccc(Cl)c24)C3)CC1. The number of nitrogens with zero attached hydrogens (tertiary/aromatic N) is 6. The Kier molecular flexibility index (Phi) is 10.6. The zero-order chi connectivity index (χ0) is 35.6. The van der Waals surface area contributed by atoms with Crippen LogP contribution in [-0.2, 0) is 27.3 Å². The maximum Gasteiger partial charge on any atom is 0.318 e.